The number of ether oxygens (including phenoxy) is 3. The highest BCUT2D eigenvalue weighted by Crippen LogP contribution is 2.40. The second-order valence-corrected chi connectivity index (χ2v) is 8.38. The van der Waals surface area contributed by atoms with Gasteiger partial charge in [0.05, 0.1) is 31.9 Å². The molecular formula is C25H26ClN3O6. The van der Waals surface area contributed by atoms with E-state index in [-0.39, 0.29) is 17.9 Å². The summed E-state index contributed by atoms with van der Waals surface area (Å²) < 4.78 is 22.9. The highest BCUT2D eigenvalue weighted by Gasteiger charge is 2.19. The van der Waals surface area contributed by atoms with E-state index >= 15 is 0 Å². The Kier molecular flexibility index (Phi) is 7.16. The van der Waals surface area contributed by atoms with Crippen LogP contribution in [0.5, 0.6) is 17.2 Å². The molecule has 0 unspecified atom stereocenters. The number of unbranched alkanes of at least 4 members (excludes halogenated alkanes) is 1. The second kappa shape index (κ2) is 10.3. The molecule has 10 heteroatoms. The van der Waals surface area contributed by atoms with Gasteiger partial charge in [0.25, 0.3) is 5.56 Å². The zero-order chi connectivity index (χ0) is 25.1. The maximum absolute atomic E-state index is 13.2. The fourth-order valence-corrected chi connectivity index (χ4v) is 4.42. The summed E-state index contributed by atoms with van der Waals surface area (Å²) >= 11 is 6.44. The molecule has 4 rings (SSSR count). The Morgan fingerprint density at radius 3 is 2.46 bits per heavy atom. The number of amides is 1. The summed E-state index contributed by atoms with van der Waals surface area (Å²) in [5.41, 5.74) is 1.50. The lowest BCUT2D eigenvalue weighted by molar-refractivity contribution is -0.116. The maximum Gasteiger partial charge on any atom is 0.264 e. The first-order valence-electron chi connectivity index (χ1n) is 11.1. The molecule has 1 N–H and O–H groups in total. The first kappa shape index (κ1) is 24.4. The molecule has 0 saturated carbocycles. The molecular weight excluding hydrogens is 474 g/mol. The summed E-state index contributed by atoms with van der Waals surface area (Å²) in [5, 5.41) is 8.51. The summed E-state index contributed by atoms with van der Waals surface area (Å²) in [5.74, 6) is 1.64. The number of benzene rings is 2. The van der Waals surface area contributed by atoms with Gasteiger partial charge in [-0.05, 0) is 31.9 Å². The average molecular weight is 500 g/mol. The van der Waals surface area contributed by atoms with Crippen LogP contribution in [0.1, 0.15) is 25.0 Å². The Morgan fingerprint density at radius 1 is 1.09 bits per heavy atom. The van der Waals surface area contributed by atoms with E-state index in [1.165, 1.54) is 21.3 Å². The fraction of sp³-hybridized carbons (Fsp3) is 0.320. The smallest absolute Gasteiger partial charge is 0.264 e. The van der Waals surface area contributed by atoms with Gasteiger partial charge < -0.3 is 28.6 Å². The third kappa shape index (κ3) is 4.64. The zero-order valence-corrected chi connectivity index (χ0v) is 20.7. The van der Waals surface area contributed by atoms with Crippen molar-refractivity contribution in [1.82, 2.24) is 9.72 Å². The number of rotatable bonds is 9. The molecule has 4 aromatic rings. The lowest BCUT2D eigenvalue weighted by atomic mass is 10.1. The number of halogens is 1. The quantitative estimate of drug-likeness (QED) is 0.325. The molecule has 0 radical (unpaired) electrons. The molecule has 184 valence electrons. The maximum atomic E-state index is 13.2. The summed E-state index contributed by atoms with van der Waals surface area (Å²) in [6.07, 6.45) is 1.46. The Balaban J connectivity index is 1.47. The van der Waals surface area contributed by atoms with E-state index in [9.17, 15) is 9.59 Å². The minimum Gasteiger partial charge on any atom is -0.493 e. The van der Waals surface area contributed by atoms with E-state index in [4.69, 9.17) is 30.3 Å². The number of methoxy groups -OCH3 is 3. The molecule has 0 aliphatic heterocycles. The van der Waals surface area contributed by atoms with Gasteiger partial charge in [0.2, 0.25) is 11.7 Å². The highest BCUT2D eigenvalue weighted by atomic mass is 35.5. The third-order valence-corrected chi connectivity index (χ3v) is 6.14. The van der Waals surface area contributed by atoms with Crippen LogP contribution in [0.2, 0.25) is 5.02 Å². The van der Waals surface area contributed by atoms with Crippen LogP contribution in [0.4, 0.5) is 5.69 Å². The number of nitrogens with one attached hydrogen (secondary N) is 1. The molecule has 0 atom stereocenters. The highest BCUT2D eigenvalue weighted by molar-refractivity contribution is 6.37. The summed E-state index contributed by atoms with van der Waals surface area (Å²) in [6.45, 7) is 2.13. The van der Waals surface area contributed by atoms with Gasteiger partial charge in [-0.25, -0.2) is 0 Å². The van der Waals surface area contributed by atoms with Crippen molar-refractivity contribution in [1.29, 1.82) is 0 Å². The monoisotopic (exact) mass is 499 g/mol. The first-order valence-corrected chi connectivity index (χ1v) is 11.4. The standard InChI is InChI=1S/C25H26ClN3O6/c1-14-21-23(28-35-14)22-16(26)8-7-9-17(22)29(25(21)31)11-6-5-10-20(30)27-15-12-18(32-2)24(34-4)19(13-15)33-3/h7-9,12-13H,5-6,10-11H2,1-4H3,(H,27,30). The molecule has 0 fully saturated rings. The van der Waals surface area contributed by atoms with Crippen LogP contribution < -0.4 is 25.1 Å². The van der Waals surface area contributed by atoms with Crippen LogP contribution in [-0.4, -0.2) is 37.0 Å². The SMILES string of the molecule is COc1cc(NC(=O)CCCCn2c(=O)c3c(C)onc3c3c(Cl)cccc32)cc(OC)c1OC. The Bertz CT molecular complexity index is 1430. The average Bonchev–Trinajstić information content (AvgIpc) is 3.24. The molecule has 2 aromatic heterocycles. The van der Waals surface area contributed by atoms with Crippen LogP contribution in [0, 0.1) is 6.92 Å². The topological polar surface area (TPSA) is 105 Å². The van der Waals surface area contributed by atoms with E-state index in [0.29, 0.717) is 74.9 Å². The summed E-state index contributed by atoms with van der Waals surface area (Å²) in [6, 6.07) is 8.74. The van der Waals surface area contributed by atoms with Gasteiger partial charge in [-0.3, -0.25) is 9.59 Å². The number of aryl methyl sites for hydroxylation is 2. The van der Waals surface area contributed by atoms with Crippen molar-refractivity contribution in [3.8, 4) is 17.2 Å². The Hall–Kier alpha value is -3.72. The molecule has 35 heavy (non-hydrogen) atoms. The minimum absolute atomic E-state index is 0.162. The van der Waals surface area contributed by atoms with Crippen molar-refractivity contribution in [3.63, 3.8) is 0 Å². The van der Waals surface area contributed by atoms with E-state index in [1.807, 2.05) is 6.07 Å². The van der Waals surface area contributed by atoms with Gasteiger partial charge >= 0.3 is 0 Å². The molecule has 0 aliphatic carbocycles. The Labute approximate surface area is 206 Å². The lowest BCUT2D eigenvalue weighted by Gasteiger charge is -2.15. The van der Waals surface area contributed by atoms with E-state index in [0.717, 1.165) is 0 Å². The minimum atomic E-state index is -0.185. The van der Waals surface area contributed by atoms with E-state index < -0.39 is 0 Å². The van der Waals surface area contributed by atoms with E-state index in [2.05, 4.69) is 10.5 Å². The van der Waals surface area contributed by atoms with Crippen LogP contribution in [0.25, 0.3) is 21.8 Å². The van der Waals surface area contributed by atoms with Crippen molar-refractivity contribution in [2.24, 2.45) is 0 Å². The van der Waals surface area contributed by atoms with Crippen molar-refractivity contribution in [3.05, 3.63) is 51.5 Å². The number of anilines is 1. The Morgan fingerprint density at radius 2 is 1.80 bits per heavy atom. The van der Waals surface area contributed by atoms with E-state index in [1.54, 1.807) is 35.8 Å². The van der Waals surface area contributed by atoms with Gasteiger partial charge in [-0.1, -0.05) is 22.8 Å². The molecule has 0 saturated heterocycles. The molecule has 2 heterocycles. The van der Waals surface area contributed by atoms with Crippen molar-refractivity contribution >= 4 is 45.0 Å². The zero-order valence-electron chi connectivity index (χ0n) is 19.9. The molecule has 2 aromatic carbocycles. The number of pyridine rings is 1. The largest absolute Gasteiger partial charge is 0.493 e. The number of nitrogens with zero attached hydrogens (tertiary/aromatic N) is 2. The second-order valence-electron chi connectivity index (χ2n) is 7.97. The molecule has 0 aliphatic rings. The predicted octanol–water partition coefficient (Wildman–Crippen LogP) is 4.94. The number of hydrogen-bond donors (Lipinski definition) is 1. The number of carbonyl (C=O) groups excluding carboxylic acids is 1. The van der Waals surface area contributed by atoms with Crippen molar-refractivity contribution in [2.75, 3.05) is 26.6 Å². The third-order valence-electron chi connectivity index (χ3n) is 5.83. The van der Waals surface area contributed by atoms with Gasteiger partial charge in [0.15, 0.2) is 11.5 Å². The summed E-state index contributed by atoms with van der Waals surface area (Å²) in [4.78, 5) is 25.7. The number of fused-ring (bicyclic) bond motifs is 3. The number of hydrogen-bond acceptors (Lipinski definition) is 7. The van der Waals surface area contributed by atoms with Gasteiger partial charge in [0.1, 0.15) is 16.7 Å². The lowest BCUT2D eigenvalue weighted by Crippen LogP contribution is -2.21. The van der Waals surface area contributed by atoms with Crippen LogP contribution in [-0.2, 0) is 11.3 Å². The molecule has 9 nitrogen and oxygen atoms in total. The molecule has 0 spiro atoms. The predicted molar refractivity (Wildman–Crippen MR) is 134 cm³/mol. The van der Waals surface area contributed by atoms with Gasteiger partial charge in [-0.2, -0.15) is 0 Å². The van der Waals surface area contributed by atoms with Crippen molar-refractivity contribution in [2.45, 2.75) is 32.7 Å². The fourth-order valence-electron chi connectivity index (χ4n) is 4.17. The number of aromatic nitrogens is 2. The normalized spacial score (nSPS) is 11.1. The van der Waals surface area contributed by atoms with Crippen LogP contribution in [0.15, 0.2) is 39.6 Å². The van der Waals surface area contributed by atoms with Gasteiger partial charge in [-0.15, -0.1) is 0 Å². The number of carbonyl (C=O) groups is 1. The van der Waals surface area contributed by atoms with Crippen LogP contribution in [0.3, 0.4) is 0 Å². The molecule has 0 bridgehead atoms. The van der Waals surface area contributed by atoms with Crippen molar-refractivity contribution < 1.29 is 23.5 Å². The molecule has 1 amide bonds. The summed E-state index contributed by atoms with van der Waals surface area (Å²) in [7, 11) is 4.55. The first-order chi connectivity index (χ1) is 16.9. The van der Waals surface area contributed by atoms with Gasteiger partial charge in [0, 0.05) is 36.2 Å². The van der Waals surface area contributed by atoms with Crippen LogP contribution >= 0.6 is 11.6 Å².